The molecule has 104 valence electrons. The number of anilines is 1. The Balaban J connectivity index is 2.09. The van der Waals surface area contributed by atoms with Gasteiger partial charge in [0.1, 0.15) is 0 Å². The maximum absolute atomic E-state index is 5.45. The number of fused-ring (bicyclic) bond motifs is 1. The van der Waals surface area contributed by atoms with Crippen LogP contribution in [0.5, 0.6) is 0 Å². The maximum atomic E-state index is 5.45. The number of unbranched alkanes of at least 4 members (excludes halogenated alkanes) is 2. The van der Waals surface area contributed by atoms with Crippen LogP contribution in [0.1, 0.15) is 31.7 Å². The zero-order valence-electron chi connectivity index (χ0n) is 11.7. The van der Waals surface area contributed by atoms with Crippen LogP contribution in [0.15, 0.2) is 29.3 Å². The van der Waals surface area contributed by atoms with Gasteiger partial charge in [0.15, 0.2) is 5.96 Å². The number of rotatable bonds is 6. The molecule has 0 spiro atoms. The average molecular weight is 260 g/mol. The van der Waals surface area contributed by atoms with Gasteiger partial charge in [0.25, 0.3) is 0 Å². The van der Waals surface area contributed by atoms with Crippen LogP contribution in [0.4, 0.5) is 5.69 Å². The first kappa shape index (κ1) is 13.7. The van der Waals surface area contributed by atoms with E-state index in [1.807, 2.05) is 0 Å². The summed E-state index contributed by atoms with van der Waals surface area (Å²) in [7, 11) is 0. The van der Waals surface area contributed by atoms with Gasteiger partial charge in [0.2, 0.25) is 0 Å². The van der Waals surface area contributed by atoms with Crippen molar-refractivity contribution >= 4 is 11.6 Å². The number of aliphatic imine (C=N–C) groups is 1. The van der Waals surface area contributed by atoms with Crippen LogP contribution in [-0.4, -0.2) is 25.1 Å². The molecule has 1 aromatic rings. The summed E-state index contributed by atoms with van der Waals surface area (Å²) >= 11 is 0. The molecule has 1 atom stereocenters. The molecule has 2 rings (SSSR count). The first-order valence-electron chi connectivity index (χ1n) is 7.12. The molecule has 0 saturated heterocycles. The molecule has 0 bridgehead atoms. The molecule has 0 radical (unpaired) electrons. The van der Waals surface area contributed by atoms with Gasteiger partial charge >= 0.3 is 0 Å². The summed E-state index contributed by atoms with van der Waals surface area (Å²) in [6.45, 7) is 4.01. The second-order valence-corrected chi connectivity index (χ2v) is 5.15. The van der Waals surface area contributed by atoms with Gasteiger partial charge in [-0.1, -0.05) is 38.0 Å². The molecule has 1 aliphatic heterocycles. The van der Waals surface area contributed by atoms with Crippen LogP contribution >= 0.6 is 0 Å². The number of para-hydroxylation sites is 1. The highest BCUT2D eigenvalue weighted by Gasteiger charge is 2.27. The third-order valence-electron chi connectivity index (χ3n) is 3.68. The highest BCUT2D eigenvalue weighted by molar-refractivity contribution is 5.75. The van der Waals surface area contributed by atoms with E-state index < -0.39 is 0 Å². The number of benzene rings is 1. The van der Waals surface area contributed by atoms with Crippen molar-refractivity contribution in [3.8, 4) is 0 Å². The smallest absolute Gasteiger partial charge is 0.185 e. The van der Waals surface area contributed by atoms with Crippen LogP contribution in [0.25, 0.3) is 0 Å². The number of guanidine groups is 1. The van der Waals surface area contributed by atoms with Gasteiger partial charge in [-0.3, -0.25) is 4.99 Å². The predicted molar refractivity (Wildman–Crippen MR) is 81.5 cm³/mol. The Labute approximate surface area is 115 Å². The van der Waals surface area contributed by atoms with E-state index >= 15 is 0 Å². The Hall–Kier alpha value is -1.71. The van der Waals surface area contributed by atoms with E-state index in [-0.39, 0.29) is 5.96 Å². The predicted octanol–water partition coefficient (Wildman–Crippen LogP) is 1.88. The van der Waals surface area contributed by atoms with Crippen LogP contribution < -0.4 is 16.4 Å². The summed E-state index contributed by atoms with van der Waals surface area (Å²) in [4.78, 5) is 6.67. The molecule has 1 aliphatic rings. The molecule has 0 fully saturated rings. The molecule has 0 aliphatic carbocycles. The van der Waals surface area contributed by atoms with Crippen LogP contribution in [0, 0.1) is 0 Å². The fourth-order valence-electron chi connectivity index (χ4n) is 2.73. The number of nitrogens with two attached hydrogens (primary N) is 2. The number of hydrogen-bond acceptors (Lipinski definition) is 2. The topological polar surface area (TPSA) is 67.6 Å². The van der Waals surface area contributed by atoms with Crippen molar-refractivity contribution in [1.29, 1.82) is 0 Å². The van der Waals surface area contributed by atoms with Crippen molar-refractivity contribution in [3.63, 3.8) is 0 Å². The maximum Gasteiger partial charge on any atom is 0.185 e. The van der Waals surface area contributed by atoms with E-state index in [0.29, 0.717) is 12.6 Å². The molecule has 19 heavy (non-hydrogen) atoms. The molecule has 0 amide bonds. The van der Waals surface area contributed by atoms with E-state index in [1.165, 1.54) is 30.5 Å². The summed E-state index contributed by atoms with van der Waals surface area (Å²) in [5.41, 5.74) is 13.7. The second-order valence-electron chi connectivity index (χ2n) is 5.15. The van der Waals surface area contributed by atoms with E-state index in [9.17, 15) is 0 Å². The summed E-state index contributed by atoms with van der Waals surface area (Å²) in [6.07, 6.45) is 4.78. The quantitative estimate of drug-likeness (QED) is 0.466. The lowest BCUT2D eigenvalue weighted by Gasteiger charge is -2.26. The van der Waals surface area contributed by atoms with Crippen LogP contribution in [0.2, 0.25) is 0 Å². The van der Waals surface area contributed by atoms with E-state index in [0.717, 1.165) is 13.0 Å². The van der Waals surface area contributed by atoms with Crippen molar-refractivity contribution in [2.24, 2.45) is 16.5 Å². The fraction of sp³-hybridized carbons (Fsp3) is 0.533. The summed E-state index contributed by atoms with van der Waals surface area (Å²) in [6, 6.07) is 9.02. The normalized spacial score (nSPS) is 17.3. The molecule has 0 aromatic heterocycles. The second kappa shape index (κ2) is 6.45. The van der Waals surface area contributed by atoms with Gasteiger partial charge < -0.3 is 16.4 Å². The third-order valence-corrected chi connectivity index (χ3v) is 3.68. The molecule has 4 nitrogen and oxygen atoms in total. The van der Waals surface area contributed by atoms with Crippen LogP contribution in [-0.2, 0) is 6.42 Å². The first-order chi connectivity index (χ1) is 9.22. The average Bonchev–Trinajstić information content (AvgIpc) is 2.75. The van der Waals surface area contributed by atoms with Gasteiger partial charge in [0, 0.05) is 12.2 Å². The van der Waals surface area contributed by atoms with E-state index in [4.69, 9.17) is 11.5 Å². The van der Waals surface area contributed by atoms with Crippen molar-refractivity contribution < 1.29 is 0 Å². The Morgan fingerprint density at radius 1 is 1.32 bits per heavy atom. The minimum absolute atomic E-state index is 0.185. The van der Waals surface area contributed by atoms with E-state index in [2.05, 4.69) is 41.1 Å². The minimum atomic E-state index is 0.185. The Morgan fingerprint density at radius 3 is 2.84 bits per heavy atom. The Morgan fingerprint density at radius 2 is 2.11 bits per heavy atom. The molecule has 4 heteroatoms. The monoisotopic (exact) mass is 260 g/mol. The van der Waals surface area contributed by atoms with Crippen molar-refractivity contribution in [3.05, 3.63) is 29.8 Å². The number of nitrogens with zero attached hydrogens (tertiary/aromatic N) is 2. The van der Waals surface area contributed by atoms with Crippen molar-refractivity contribution in [2.45, 2.75) is 38.6 Å². The lowest BCUT2D eigenvalue weighted by Crippen LogP contribution is -2.36. The summed E-state index contributed by atoms with van der Waals surface area (Å²) in [5, 5.41) is 0. The number of hydrogen-bond donors (Lipinski definition) is 2. The molecule has 4 N–H and O–H groups in total. The largest absolute Gasteiger partial charge is 0.370 e. The molecular weight excluding hydrogens is 236 g/mol. The Bertz CT molecular complexity index is 438. The van der Waals surface area contributed by atoms with E-state index in [1.54, 1.807) is 0 Å². The van der Waals surface area contributed by atoms with Gasteiger partial charge in [-0.2, -0.15) is 0 Å². The SMILES string of the molecule is CCCCCN1c2ccccc2CC1CN=C(N)N. The van der Waals surface area contributed by atoms with Gasteiger partial charge in [-0.25, -0.2) is 0 Å². The standard InChI is InChI=1S/C15H24N4/c1-2-3-6-9-19-13(11-18-15(16)17)10-12-7-4-5-8-14(12)19/h4-5,7-8,13H,2-3,6,9-11H2,1H3,(H4,16,17,18). The summed E-state index contributed by atoms with van der Waals surface area (Å²) < 4.78 is 0. The fourth-order valence-corrected chi connectivity index (χ4v) is 2.73. The van der Waals surface area contributed by atoms with Gasteiger partial charge in [-0.05, 0) is 24.5 Å². The third kappa shape index (κ3) is 3.40. The molecule has 1 unspecified atom stereocenters. The first-order valence-corrected chi connectivity index (χ1v) is 7.12. The highest BCUT2D eigenvalue weighted by Crippen LogP contribution is 2.32. The summed E-state index contributed by atoms with van der Waals surface area (Å²) in [5.74, 6) is 0.185. The van der Waals surface area contributed by atoms with Crippen molar-refractivity contribution in [1.82, 2.24) is 0 Å². The zero-order chi connectivity index (χ0) is 13.7. The lowest BCUT2D eigenvalue weighted by atomic mass is 10.1. The molecule has 1 heterocycles. The minimum Gasteiger partial charge on any atom is -0.370 e. The molecule has 0 saturated carbocycles. The molecule has 1 aromatic carbocycles. The highest BCUT2D eigenvalue weighted by atomic mass is 15.2. The van der Waals surface area contributed by atoms with Gasteiger partial charge in [0.05, 0.1) is 12.6 Å². The molecular formula is C15H24N4. The van der Waals surface area contributed by atoms with Gasteiger partial charge in [-0.15, -0.1) is 0 Å². The van der Waals surface area contributed by atoms with Crippen LogP contribution in [0.3, 0.4) is 0 Å². The lowest BCUT2D eigenvalue weighted by molar-refractivity contribution is 0.597. The Kier molecular flexibility index (Phi) is 4.66. The van der Waals surface area contributed by atoms with Crippen molar-refractivity contribution in [2.75, 3.05) is 18.0 Å². The zero-order valence-corrected chi connectivity index (χ0v) is 11.7.